The van der Waals surface area contributed by atoms with Crippen LogP contribution in [0.15, 0.2) is 67.1 Å². The maximum Gasteiger partial charge on any atom is 0.299 e. The highest BCUT2D eigenvalue weighted by Gasteiger charge is 2.10. The van der Waals surface area contributed by atoms with Crippen molar-refractivity contribution in [1.29, 1.82) is 5.26 Å². The van der Waals surface area contributed by atoms with Crippen LogP contribution in [0.4, 0.5) is 0 Å². The molecule has 3 rings (SSSR count). The predicted molar refractivity (Wildman–Crippen MR) is 124 cm³/mol. The summed E-state index contributed by atoms with van der Waals surface area (Å²) in [6.45, 7) is 0.776. The molecule has 0 saturated carbocycles. The fourth-order valence-corrected chi connectivity index (χ4v) is 2.87. The summed E-state index contributed by atoms with van der Waals surface area (Å²) < 4.78 is 13.9. The zero-order valence-electron chi connectivity index (χ0n) is 18.0. The first-order chi connectivity index (χ1) is 17.2. The van der Waals surface area contributed by atoms with Gasteiger partial charge in [0, 0.05) is 12.4 Å². The minimum atomic E-state index is -0.180. The van der Waals surface area contributed by atoms with Crippen LogP contribution in [0.3, 0.4) is 0 Å². The molecule has 0 fully saturated rings. The van der Waals surface area contributed by atoms with Crippen LogP contribution in [0, 0.1) is 11.3 Å². The first-order valence-corrected chi connectivity index (χ1v) is 9.85. The van der Waals surface area contributed by atoms with Crippen LogP contribution < -0.4 is 0 Å². The summed E-state index contributed by atoms with van der Waals surface area (Å²) in [5, 5.41) is 9.09. The van der Waals surface area contributed by atoms with Gasteiger partial charge in [-0.2, -0.15) is 5.26 Å². The quantitative estimate of drug-likeness (QED) is 0.177. The standard InChI is InChI=1S/C25H16N4O6/c26-14-21(35-17-32)9-19-2-6-28-23(11-19)25-13-20(4-8-34-16-31)12-24(29-25)22-10-18(1-5-27-22)3-7-33-15-30/h1-13,15-17H/b7-3+,8-4+,21-9+. The summed E-state index contributed by atoms with van der Waals surface area (Å²) >= 11 is 0. The molecular weight excluding hydrogens is 452 g/mol. The van der Waals surface area contributed by atoms with Crippen LogP contribution in [0.2, 0.25) is 0 Å². The molecule has 10 nitrogen and oxygen atoms in total. The van der Waals surface area contributed by atoms with E-state index < -0.39 is 0 Å². The van der Waals surface area contributed by atoms with E-state index >= 15 is 0 Å². The lowest BCUT2D eigenvalue weighted by Gasteiger charge is -2.08. The van der Waals surface area contributed by atoms with Crippen LogP contribution in [0.1, 0.15) is 16.7 Å². The Hall–Kier alpha value is -5.43. The van der Waals surface area contributed by atoms with Gasteiger partial charge < -0.3 is 14.2 Å². The Morgan fingerprint density at radius 1 is 0.743 bits per heavy atom. The number of rotatable bonds is 11. The number of pyridine rings is 3. The van der Waals surface area contributed by atoms with Crippen LogP contribution in [-0.2, 0) is 28.6 Å². The molecule has 3 aromatic heterocycles. The van der Waals surface area contributed by atoms with Gasteiger partial charge in [0.05, 0.1) is 35.3 Å². The van der Waals surface area contributed by atoms with Crippen molar-refractivity contribution in [1.82, 2.24) is 15.0 Å². The average Bonchev–Trinajstić information content (AvgIpc) is 2.89. The zero-order valence-corrected chi connectivity index (χ0v) is 18.0. The molecule has 10 heteroatoms. The third-order valence-electron chi connectivity index (χ3n) is 4.31. The fourth-order valence-electron chi connectivity index (χ4n) is 2.87. The molecule has 0 spiro atoms. The molecular formula is C25H16N4O6. The number of ether oxygens (including phenoxy) is 3. The normalized spacial score (nSPS) is 11.1. The molecule has 3 heterocycles. The molecule has 0 aromatic carbocycles. The van der Waals surface area contributed by atoms with E-state index in [1.807, 2.05) is 0 Å². The fraction of sp³-hybridized carbons (Fsp3) is 0. The Morgan fingerprint density at radius 2 is 1.29 bits per heavy atom. The van der Waals surface area contributed by atoms with Gasteiger partial charge in [0.1, 0.15) is 6.07 Å². The molecule has 0 bridgehead atoms. The number of aromatic nitrogens is 3. The molecule has 35 heavy (non-hydrogen) atoms. The Kier molecular flexibility index (Phi) is 8.70. The van der Waals surface area contributed by atoms with E-state index in [4.69, 9.17) is 5.26 Å². The largest absolute Gasteiger partial charge is 0.437 e. The topological polar surface area (TPSA) is 141 Å². The summed E-state index contributed by atoms with van der Waals surface area (Å²) in [5.41, 5.74) is 3.86. The van der Waals surface area contributed by atoms with Gasteiger partial charge in [0.2, 0.25) is 5.76 Å². The smallest absolute Gasteiger partial charge is 0.299 e. The zero-order chi connectivity index (χ0) is 24.9. The van der Waals surface area contributed by atoms with Gasteiger partial charge >= 0.3 is 0 Å². The first-order valence-electron chi connectivity index (χ1n) is 9.85. The Balaban J connectivity index is 2.08. The van der Waals surface area contributed by atoms with Crippen molar-refractivity contribution in [3.63, 3.8) is 0 Å². The molecule has 0 atom stereocenters. The lowest BCUT2D eigenvalue weighted by molar-refractivity contribution is -0.125. The molecule has 0 unspecified atom stereocenters. The Bertz CT molecular complexity index is 1360. The number of carbonyl (C=O) groups is 3. The highest BCUT2D eigenvalue weighted by atomic mass is 16.5. The van der Waals surface area contributed by atoms with Crippen LogP contribution in [-0.4, -0.2) is 34.4 Å². The Morgan fingerprint density at radius 3 is 1.86 bits per heavy atom. The minimum Gasteiger partial charge on any atom is -0.437 e. The van der Waals surface area contributed by atoms with Crippen molar-refractivity contribution in [2.24, 2.45) is 0 Å². The molecule has 0 radical (unpaired) electrons. The average molecular weight is 468 g/mol. The van der Waals surface area contributed by atoms with Crippen molar-refractivity contribution >= 4 is 37.6 Å². The lowest BCUT2D eigenvalue weighted by atomic mass is 10.1. The number of carbonyl (C=O) groups excluding carboxylic acids is 3. The van der Waals surface area contributed by atoms with Gasteiger partial charge in [-0.15, -0.1) is 0 Å². The number of nitriles is 1. The van der Waals surface area contributed by atoms with Crippen molar-refractivity contribution in [3.8, 4) is 28.8 Å². The molecule has 0 saturated heterocycles. The van der Waals surface area contributed by atoms with Gasteiger partial charge in [0.25, 0.3) is 19.4 Å². The van der Waals surface area contributed by atoms with E-state index in [2.05, 4.69) is 29.2 Å². The second-order valence-electron chi connectivity index (χ2n) is 6.52. The third kappa shape index (κ3) is 7.03. The molecule has 0 amide bonds. The highest BCUT2D eigenvalue weighted by molar-refractivity contribution is 5.71. The van der Waals surface area contributed by atoms with E-state index in [1.54, 1.807) is 60.8 Å². The monoisotopic (exact) mass is 468 g/mol. The summed E-state index contributed by atoms with van der Waals surface area (Å²) in [6.07, 6.45) is 10.1. The first kappa shape index (κ1) is 24.2. The van der Waals surface area contributed by atoms with E-state index in [0.29, 0.717) is 46.8 Å². The minimum absolute atomic E-state index is 0.170. The molecule has 0 aliphatic rings. The summed E-state index contributed by atoms with van der Waals surface area (Å²) in [7, 11) is 0. The number of nitrogens with zero attached hydrogens (tertiary/aromatic N) is 4. The summed E-state index contributed by atoms with van der Waals surface area (Å²) in [5.74, 6) is -0.180. The molecule has 172 valence electrons. The van der Waals surface area contributed by atoms with Crippen LogP contribution in [0.25, 0.3) is 41.0 Å². The molecule has 0 N–H and O–H groups in total. The molecule has 0 aliphatic heterocycles. The van der Waals surface area contributed by atoms with E-state index in [-0.39, 0.29) is 12.2 Å². The highest BCUT2D eigenvalue weighted by Crippen LogP contribution is 2.25. The van der Waals surface area contributed by atoms with Crippen LogP contribution >= 0.6 is 0 Å². The van der Waals surface area contributed by atoms with Gasteiger partial charge in [0.15, 0.2) is 0 Å². The third-order valence-corrected chi connectivity index (χ3v) is 4.31. The van der Waals surface area contributed by atoms with E-state index in [0.717, 1.165) is 5.56 Å². The molecule has 0 aliphatic carbocycles. The maximum atomic E-state index is 10.6. The number of allylic oxidation sites excluding steroid dienone is 1. The summed E-state index contributed by atoms with van der Waals surface area (Å²) in [6, 6.07) is 12.0. The number of hydrogen-bond donors (Lipinski definition) is 0. The SMILES string of the molecule is N#C/C(=C\c1ccnc(-c2cc(/C=C/OC=O)cc(-c3cc(/C=C/OC=O)ccn3)n2)c1)OC=O. The van der Waals surface area contributed by atoms with Crippen molar-refractivity contribution in [2.75, 3.05) is 0 Å². The maximum absolute atomic E-state index is 10.6. The van der Waals surface area contributed by atoms with Crippen molar-refractivity contribution in [3.05, 3.63) is 83.8 Å². The Labute approximate surface area is 199 Å². The van der Waals surface area contributed by atoms with Gasteiger partial charge in [-0.1, -0.05) is 0 Å². The molecule has 3 aromatic rings. The number of hydrogen-bond acceptors (Lipinski definition) is 10. The van der Waals surface area contributed by atoms with E-state index in [1.165, 1.54) is 24.8 Å². The predicted octanol–water partition coefficient (Wildman–Crippen LogP) is 3.53. The van der Waals surface area contributed by atoms with Gasteiger partial charge in [-0.3, -0.25) is 24.4 Å². The van der Waals surface area contributed by atoms with E-state index in [9.17, 15) is 14.4 Å². The van der Waals surface area contributed by atoms with Crippen molar-refractivity contribution < 1.29 is 28.6 Å². The van der Waals surface area contributed by atoms with Gasteiger partial charge in [-0.25, -0.2) is 4.98 Å². The lowest BCUT2D eigenvalue weighted by Crippen LogP contribution is -1.95. The van der Waals surface area contributed by atoms with Crippen LogP contribution in [0.5, 0.6) is 0 Å². The van der Waals surface area contributed by atoms with Crippen molar-refractivity contribution in [2.45, 2.75) is 0 Å². The summed E-state index contributed by atoms with van der Waals surface area (Å²) in [4.78, 5) is 44.8. The van der Waals surface area contributed by atoms with Gasteiger partial charge in [-0.05, 0) is 71.3 Å². The second kappa shape index (κ2) is 12.6. The second-order valence-corrected chi connectivity index (χ2v) is 6.52.